The van der Waals surface area contributed by atoms with Crippen LogP contribution in [-0.4, -0.2) is 30.3 Å². The summed E-state index contributed by atoms with van der Waals surface area (Å²) in [6.07, 6.45) is 6.18. The van der Waals surface area contributed by atoms with Crippen molar-refractivity contribution in [1.29, 1.82) is 0 Å². The van der Waals surface area contributed by atoms with Crippen LogP contribution in [-0.2, 0) is 6.54 Å². The van der Waals surface area contributed by atoms with Crippen LogP contribution in [0.5, 0.6) is 0 Å². The average Bonchev–Trinajstić information content (AvgIpc) is 3.29. The number of aliphatic hydroxyl groups is 1. The van der Waals surface area contributed by atoms with Gasteiger partial charge in [0.25, 0.3) is 0 Å². The Bertz CT molecular complexity index is 462. The van der Waals surface area contributed by atoms with E-state index in [4.69, 9.17) is 0 Å². The van der Waals surface area contributed by atoms with Gasteiger partial charge in [-0.15, -0.1) is 0 Å². The second-order valence-electron chi connectivity index (χ2n) is 5.95. The highest BCUT2D eigenvalue weighted by atomic mass is 79.9. The summed E-state index contributed by atoms with van der Waals surface area (Å²) in [5, 5.41) is 13.2. The molecule has 1 aromatic rings. The second-order valence-corrected chi connectivity index (χ2v) is 6.87. The smallest absolute Gasteiger partial charge is 0.0635 e. The highest BCUT2D eigenvalue weighted by molar-refractivity contribution is 9.10. The monoisotopic (exact) mass is 338 g/mol. The molecule has 20 heavy (non-hydrogen) atoms. The molecule has 2 aliphatic rings. The maximum absolute atomic E-state index is 9.63. The van der Waals surface area contributed by atoms with E-state index in [2.05, 4.69) is 44.3 Å². The van der Waals surface area contributed by atoms with Gasteiger partial charge >= 0.3 is 0 Å². The number of aliphatic hydroxyl groups excluding tert-OH is 1. The first kappa shape index (κ1) is 14.4. The van der Waals surface area contributed by atoms with Crippen molar-refractivity contribution in [3.8, 4) is 0 Å². The van der Waals surface area contributed by atoms with E-state index < -0.39 is 0 Å². The summed E-state index contributed by atoms with van der Waals surface area (Å²) in [5.74, 6) is 0. The number of hydrogen-bond acceptors (Lipinski definition) is 3. The highest BCUT2D eigenvalue weighted by Gasteiger charge is 2.25. The maximum Gasteiger partial charge on any atom is 0.0635 e. The summed E-state index contributed by atoms with van der Waals surface area (Å²) in [5.41, 5.74) is 2.63. The molecule has 0 spiro atoms. The van der Waals surface area contributed by atoms with Gasteiger partial charge in [0.15, 0.2) is 0 Å². The highest BCUT2D eigenvalue weighted by Crippen LogP contribution is 2.31. The Morgan fingerprint density at radius 2 is 2.10 bits per heavy atom. The molecule has 0 aromatic heterocycles. The van der Waals surface area contributed by atoms with Crippen LogP contribution in [0.25, 0.3) is 0 Å². The van der Waals surface area contributed by atoms with Crippen molar-refractivity contribution in [2.45, 2.75) is 50.7 Å². The van der Waals surface area contributed by atoms with Crippen molar-refractivity contribution < 1.29 is 5.11 Å². The van der Waals surface area contributed by atoms with Gasteiger partial charge in [0.2, 0.25) is 0 Å². The zero-order valence-corrected chi connectivity index (χ0v) is 13.4. The fourth-order valence-electron chi connectivity index (χ4n) is 3.03. The third-order valence-electron chi connectivity index (χ3n) is 4.35. The standard InChI is InChI=1S/C16H23BrN2O/c17-13-4-7-16(12(9-13)10-18-14-5-6-14)19-8-2-1-3-15(19)11-20/h4,7,9,14-15,18,20H,1-3,5-6,8,10-11H2. The first-order valence-corrected chi connectivity index (χ1v) is 8.46. The molecule has 3 nitrogen and oxygen atoms in total. The van der Waals surface area contributed by atoms with E-state index in [1.165, 1.54) is 36.9 Å². The summed E-state index contributed by atoms with van der Waals surface area (Å²) in [6, 6.07) is 7.52. The first-order valence-electron chi connectivity index (χ1n) is 7.67. The van der Waals surface area contributed by atoms with Crippen LogP contribution in [0.3, 0.4) is 0 Å². The lowest BCUT2D eigenvalue weighted by molar-refractivity contribution is 0.240. The van der Waals surface area contributed by atoms with E-state index in [-0.39, 0.29) is 12.6 Å². The summed E-state index contributed by atoms with van der Waals surface area (Å²) < 4.78 is 1.13. The number of nitrogens with zero attached hydrogens (tertiary/aromatic N) is 1. The van der Waals surface area contributed by atoms with Crippen molar-refractivity contribution in [1.82, 2.24) is 5.32 Å². The Balaban J connectivity index is 1.81. The molecule has 1 saturated heterocycles. The molecule has 110 valence electrons. The average molecular weight is 339 g/mol. The van der Waals surface area contributed by atoms with Gasteiger partial charge in [-0.25, -0.2) is 0 Å². The number of hydrogen-bond donors (Lipinski definition) is 2. The molecule has 1 heterocycles. The lowest BCUT2D eigenvalue weighted by Crippen LogP contribution is -2.42. The van der Waals surface area contributed by atoms with Crippen LogP contribution in [0.15, 0.2) is 22.7 Å². The zero-order valence-electron chi connectivity index (χ0n) is 11.8. The van der Waals surface area contributed by atoms with Crippen LogP contribution in [0, 0.1) is 0 Å². The largest absolute Gasteiger partial charge is 0.394 e. The fraction of sp³-hybridized carbons (Fsp3) is 0.625. The Labute approximate surface area is 129 Å². The summed E-state index contributed by atoms with van der Waals surface area (Å²) in [7, 11) is 0. The molecule has 1 saturated carbocycles. The van der Waals surface area contributed by atoms with Gasteiger partial charge in [-0.05, 0) is 55.9 Å². The lowest BCUT2D eigenvalue weighted by Gasteiger charge is -2.38. The minimum atomic E-state index is 0.256. The van der Waals surface area contributed by atoms with E-state index in [0.717, 1.165) is 30.0 Å². The Morgan fingerprint density at radius 1 is 1.25 bits per heavy atom. The van der Waals surface area contributed by atoms with Crippen LogP contribution < -0.4 is 10.2 Å². The van der Waals surface area contributed by atoms with Crippen molar-refractivity contribution >= 4 is 21.6 Å². The van der Waals surface area contributed by atoms with Crippen LogP contribution in [0.2, 0.25) is 0 Å². The number of nitrogens with one attached hydrogen (secondary N) is 1. The normalized spacial score (nSPS) is 23.1. The predicted molar refractivity (Wildman–Crippen MR) is 86.1 cm³/mol. The number of rotatable bonds is 5. The van der Waals surface area contributed by atoms with Crippen LogP contribution >= 0.6 is 15.9 Å². The lowest BCUT2D eigenvalue weighted by atomic mass is 10.00. The zero-order chi connectivity index (χ0) is 13.9. The van der Waals surface area contributed by atoms with Gasteiger partial charge in [-0.1, -0.05) is 15.9 Å². The molecule has 0 bridgehead atoms. The number of anilines is 1. The molecule has 1 aliphatic carbocycles. The Morgan fingerprint density at radius 3 is 2.85 bits per heavy atom. The van der Waals surface area contributed by atoms with Gasteiger partial charge in [-0.2, -0.15) is 0 Å². The molecule has 1 aromatic carbocycles. The summed E-state index contributed by atoms with van der Waals surface area (Å²) >= 11 is 3.58. The predicted octanol–water partition coefficient (Wildman–Crippen LogP) is 3.05. The molecule has 0 radical (unpaired) electrons. The topological polar surface area (TPSA) is 35.5 Å². The third kappa shape index (κ3) is 3.35. The van der Waals surface area contributed by atoms with E-state index in [9.17, 15) is 5.11 Å². The second kappa shape index (κ2) is 6.46. The molecule has 2 fully saturated rings. The molecule has 0 amide bonds. The first-order chi connectivity index (χ1) is 9.78. The molecule has 1 unspecified atom stereocenters. The van der Waals surface area contributed by atoms with Crippen molar-refractivity contribution in [3.05, 3.63) is 28.2 Å². The molecular weight excluding hydrogens is 316 g/mol. The number of benzene rings is 1. The number of piperidine rings is 1. The van der Waals surface area contributed by atoms with Crippen LogP contribution in [0.4, 0.5) is 5.69 Å². The van der Waals surface area contributed by atoms with Crippen molar-refractivity contribution in [2.75, 3.05) is 18.1 Å². The maximum atomic E-state index is 9.63. The molecule has 3 rings (SSSR count). The van der Waals surface area contributed by atoms with Gasteiger partial charge in [-0.3, -0.25) is 0 Å². The van der Waals surface area contributed by atoms with E-state index >= 15 is 0 Å². The molecule has 1 aliphatic heterocycles. The Hall–Kier alpha value is -0.580. The van der Waals surface area contributed by atoms with Gasteiger partial charge in [0, 0.05) is 29.3 Å². The minimum Gasteiger partial charge on any atom is -0.394 e. The quantitative estimate of drug-likeness (QED) is 0.866. The van der Waals surface area contributed by atoms with E-state index in [0.29, 0.717) is 0 Å². The van der Waals surface area contributed by atoms with E-state index in [1.807, 2.05) is 0 Å². The van der Waals surface area contributed by atoms with Crippen molar-refractivity contribution in [2.24, 2.45) is 0 Å². The van der Waals surface area contributed by atoms with Crippen LogP contribution in [0.1, 0.15) is 37.7 Å². The fourth-order valence-corrected chi connectivity index (χ4v) is 3.43. The van der Waals surface area contributed by atoms with Gasteiger partial charge in [0.05, 0.1) is 12.6 Å². The summed E-state index contributed by atoms with van der Waals surface area (Å²) in [6.45, 7) is 2.24. The van der Waals surface area contributed by atoms with Gasteiger partial charge < -0.3 is 15.3 Å². The Kier molecular flexibility index (Phi) is 4.64. The molecule has 4 heteroatoms. The summed E-state index contributed by atoms with van der Waals surface area (Å²) in [4.78, 5) is 2.40. The SMILES string of the molecule is OCC1CCCCN1c1ccc(Br)cc1CNC1CC1. The third-order valence-corrected chi connectivity index (χ3v) is 4.84. The molecule has 1 atom stereocenters. The minimum absolute atomic E-state index is 0.256. The van der Waals surface area contributed by atoms with E-state index in [1.54, 1.807) is 0 Å². The van der Waals surface area contributed by atoms with Crippen molar-refractivity contribution in [3.63, 3.8) is 0 Å². The number of halogens is 1. The molecular formula is C16H23BrN2O. The molecule has 2 N–H and O–H groups in total. The van der Waals surface area contributed by atoms with Gasteiger partial charge in [0.1, 0.15) is 0 Å².